The average molecular weight is 656 g/mol. The molecule has 0 spiro atoms. The molecular weight excluding hydrogens is 620 g/mol. The van der Waals surface area contributed by atoms with Crippen LogP contribution >= 0.6 is 15.9 Å². The predicted octanol–water partition coefficient (Wildman–Crippen LogP) is -0.922. The van der Waals surface area contributed by atoms with Crippen LogP contribution in [0.15, 0.2) is 121 Å². The van der Waals surface area contributed by atoms with Gasteiger partial charge in [0.15, 0.2) is 17.3 Å². The van der Waals surface area contributed by atoms with Gasteiger partial charge >= 0.3 is 59.1 Å². The van der Waals surface area contributed by atoms with Crippen molar-refractivity contribution in [2.75, 3.05) is 11.9 Å². The average Bonchev–Trinajstić information content (AvgIpc) is 3.02. The van der Waals surface area contributed by atoms with Crippen LogP contribution in [0, 0.1) is 6.08 Å². The molecule has 4 rings (SSSR count). The van der Waals surface area contributed by atoms with Crippen molar-refractivity contribution in [3.05, 3.63) is 144 Å². The fourth-order valence-electron chi connectivity index (χ4n) is 2.78. The van der Waals surface area contributed by atoms with Crippen molar-refractivity contribution < 1.29 is 90.2 Å². The summed E-state index contributed by atoms with van der Waals surface area (Å²) in [4.78, 5) is 34.0. The van der Waals surface area contributed by atoms with E-state index >= 15 is 0 Å². The van der Waals surface area contributed by atoms with Gasteiger partial charge in [-0.25, -0.2) is 0 Å². The molecule has 0 amide bonds. The van der Waals surface area contributed by atoms with Gasteiger partial charge in [-0.3, -0.25) is 14.4 Å². The van der Waals surface area contributed by atoms with Crippen LogP contribution < -0.4 is 70.1 Å². The fourth-order valence-corrected chi connectivity index (χ4v) is 3.10. The van der Waals surface area contributed by atoms with Gasteiger partial charge in [0, 0.05) is 30.2 Å². The van der Waals surface area contributed by atoms with Gasteiger partial charge in [-0.2, -0.15) is 0 Å². The molecule has 0 fully saturated rings. The van der Waals surface area contributed by atoms with Gasteiger partial charge in [-0.15, -0.1) is 0 Å². The van der Waals surface area contributed by atoms with Crippen LogP contribution in [0.5, 0.6) is 0 Å². The summed E-state index contributed by atoms with van der Waals surface area (Å²) in [5, 5.41) is 16.4. The molecule has 10 heteroatoms. The molecule has 3 aromatic carbocycles. The van der Waals surface area contributed by atoms with Crippen LogP contribution in [0.3, 0.4) is 0 Å². The Bertz CT molecular complexity index is 1180. The van der Waals surface area contributed by atoms with E-state index in [1.165, 1.54) is 5.56 Å². The number of nitrogens with two attached hydrogens (primary N) is 1. The summed E-state index contributed by atoms with van der Waals surface area (Å²) in [6.07, 6.45) is 11.6. The maximum Gasteiger partial charge on any atom is 1.00 e. The topological polar surface area (TPSA) is 130 Å². The van der Waals surface area contributed by atoms with Crippen molar-refractivity contribution in [1.29, 1.82) is 0 Å². The van der Waals surface area contributed by atoms with E-state index in [0.29, 0.717) is 17.4 Å². The van der Waals surface area contributed by atoms with Crippen LogP contribution in [0.25, 0.3) is 0 Å². The third kappa shape index (κ3) is 24.4. The van der Waals surface area contributed by atoms with E-state index in [0.717, 1.165) is 17.5 Å². The van der Waals surface area contributed by atoms with Crippen molar-refractivity contribution in [2.45, 2.75) is 19.8 Å². The number of rotatable bonds is 7. The minimum atomic E-state index is -0.181. The van der Waals surface area contributed by atoms with E-state index < -0.39 is 0 Å². The molecule has 1 aliphatic rings. The summed E-state index contributed by atoms with van der Waals surface area (Å²) in [6.45, 7) is 1.75. The molecule has 0 saturated heterocycles. The van der Waals surface area contributed by atoms with Gasteiger partial charge in [-0.1, -0.05) is 107 Å². The number of carbonyl (C=O) groups excluding carboxylic acids is 3. The first-order valence-corrected chi connectivity index (χ1v) is 13.4. The Morgan fingerprint density at radius 1 is 0.905 bits per heavy atom. The third-order valence-electron chi connectivity index (χ3n) is 4.57. The molecule has 42 heavy (non-hydrogen) atoms. The second-order valence-electron chi connectivity index (χ2n) is 7.52. The summed E-state index contributed by atoms with van der Waals surface area (Å²) >= 11 is 3.10. The summed E-state index contributed by atoms with van der Waals surface area (Å²) in [5.74, 6) is 0.338. The van der Waals surface area contributed by atoms with Crippen LogP contribution in [-0.4, -0.2) is 35.1 Å². The van der Waals surface area contributed by atoms with Crippen LogP contribution in [0.2, 0.25) is 0 Å². The normalized spacial score (nSPS) is 9.57. The second kappa shape index (κ2) is 31.7. The summed E-state index contributed by atoms with van der Waals surface area (Å²) in [6, 6.07) is 28.8. The monoisotopic (exact) mass is 654 g/mol. The maximum atomic E-state index is 11.8. The molecule has 3 aromatic rings. The van der Waals surface area contributed by atoms with E-state index in [2.05, 4.69) is 39.0 Å². The standard InChI is InChI=1S/C15H14O.C8H7BrO.C6H6N.C2H6O.CH2O3.2Na.H/c16-15(14-9-5-2-6-10-14)12-11-13-7-3-1-4-8-13;9-6-8(10)7-4-2-1-3-5-7;7-6-4-2-1-3-5-6;1-2-3;2-1-4-3;;;/h1-10H,11-12H2;1-5H,6H2;1-4H,7H2;3H,2H2,1H3;1,3H;;;/q;;+1;;;2*+1;-1/p-1. The molecule has 1 aliphatic carbocycles. The number of alkyl halides is 1. The van der Waals surface area contributed by atoms with E-state index in [-0.39, 0.29) is 85.2 Å². The molecule has 0 heterocycles. The minimum Gasteiger partial charge on any atom is -1.00 e. The van der Waals surface area contributed by atoms with Crippen molar-refractivity contribution in [2.24, 2.45) is 5.73 Å². The van der Waals surface area contributed by atoms with Crippen LogP contribution in [-0.2, 0) is 16.1 Å². The molecule has 0 aromatic heterocycles. The molecule has 0 unspecified atom stereocenters. The van der Waals surface area contributed by atoms with Crippen molar-refractivity contribution in [3.63, 3.8) is 0 Å². The number of carbonyl (C=O) groups is 3. The Hall–Kier alpha value is -2.20. The number of hydrogen-bond donors (Lipinski definition) is 2. The van der Waals surface area contributed by atoms with E-state index in [4.69, 9.17) is 20.9 Å². The maximum absolute atomic E-state index is 11.8. The number of hydrogen-bond acceptors (Lipinski definition) is 7. The second-order valence-corrected chi connectivity index (χ2v) is 8.08. The molecule has 0 aliphatic heterocycles. The summed E-state index contributed by atoms with van der Waals surface area (Å²) in [5.41, 5.74) is 8.78. The van der Waals surface area contributed by atoms with Crippen LogP contribution in [0.1, 0.15) is 41.1 Å². The van der Waals surface area contributed by atoms with Crippen molar-refractivity contribution in [1.82, 2.24) is 0 Å². The number of allylic oxidation sites excluding steroid dienone is 5. The molecular formula is C32H35BrNNa2O6+. The third-order valence-corrected chi connectivity index (χ3v) is 5.08. The first-order chi connectivity index (χ1) is 19.4. The Morgan fingerprint density at radius 3 is 1.67 bits per heavy atom. The number of Topliss-reactive ketones (excluding diaryl/α,β-unsaturated/α-hetero) is 2. The van der Waals surface area contributed by atoms with E-state index in [9.17, 15) is 9.59 Å². The molecule has 0 radical (unpaired) electrons. The van der Waals surface area contributed by atoms with Gasteiger partial charge in [0.1, 0.15) is 6.08 Å². The first kappa shape index (κ1) is 44.2. The SMILES string of the molecule is CCO.NC1=CC=CC=[C+]1.O=C(CBr)c1ccccc1.O=C(CCc1ccccc1)c1ccccc1.O=CO[O-].[H-].[Na+].[Na+]. The zero-order valence-corrected chi connectivity index (χ0v) is 29.9. The summed E-state index contributed by atoms with van der Waals surface area (Å²) in [7, 11) is 0. The molecule has 7 nitrogen and oxygen atoms in total. The number of halogens is 1. The van der Waals surface area contributed by atoms with Gasteiger partial charge in [-0.05, 0) is 18.9 Å². The Kier molecular flexibility index (Phi) is 33.4. The van der Waals surface area contributed by atoms with Gasteiger partial charge in [0.05, 0.1) is 23.6 Å². The first-order valence-electron chi connectivity index (χ1n) is 12.2. The number of ketones is 2. The number of aryl methyl sites for hydroxylation is 1. The largest absolute Gasteiger partial charge is 1.00 e. The fraction of sp³-hybridized carbons (Fsp3) is 0.156. The minimum absolute atomic E-state index is 0. The van der Waals surface area contributed by atoms with Crippen LogP contribution in [0.4, 0.5) is 0 Å². The Labute approximate surface area is 302 Å². The number of benzene rings is 3. The Morgan fingerprint density at radius 2 is 1.33 bits per heavy atom. The molecule has 0 atom stereocenters. The predicted molar refractivity (Wildman–Crippen MR) is 160 cm³/mol. The smallest absolute Gasteiger partial charge is 1.00 e. The Balaban J connectivity index is -0.000000245. The molecule has 0 saturated carbocycles. The van der Waals surface area contributed by atoms with E-state index in [1.807, 2.05) is 91.0 Å². The number of aliphatic hydroxyl groups excluding tert-OH is 1. The van der Waals surface area contributed by atoms with Gasteiger partial charge in [0.2, 0.25) is 0 Å². The molecule has 3 N–H and O–H groups in total. The summed E-state index contributed by atoms with van der Waals surface area (Å²) < 4.78 is 0. The van der Waals surface area contributed by atoms with Gasteiger partial charge < -0.3 is 22.4 Å². The zero-order chi connectivity index (χ0) is 29.8. The zero-order valence-electron chi connectivity index (χ0n) is 25.3. The molecule has 0 bridgehead atoms. The molecule has 212 valence electrons. The van der Waals surface area contributed by atoms with Gasteiger partial charge in [0.25, 0.3) is 6.47 Å². The quantitative estimate of drug-likeness (QED) is 0.0641. The van der Waals surface area contributed by atoms with Crippen molar-refractivity contribution >= 4 is 34.0 Å². The number of aliphatic hydroxyl groups is 1. The van der Waals surface area contributed by atoms with E-state index in [1.54, 1.807) is 19.1 Å². The van der Waals surface area contributed by atoms with Crippen molar-refractivity contribution in [3.8, 4) is 0 Å².